The Balaban J connectivity index is 1.84. The van der Waals surface area contributed by atoms with Crippen LogP contribution in [0.3, 0.4) is 0 Å². The highest BCUT2D eigenvalue weighted by Gasteiger charge is 2.15. The minimum atomic E-state index is -0.762. The van der Waals surface area contributed by atoms with Crippen LogP contribution >= 0.6 is 11.3 Å². The van der Waals surface area contributed by atoms with Gasteiger partial charge in [-0.05, 0) is 37.3 Å². The largest absolute Gasteiger partial charge is 0.462 e. The molecule has 0 aliphatic carbocycles. The maximum absolute atomic E-state index is 12.8. The van der Waals surface area contributed by atoms with Crippen molar-refractivity contribution < 1.29 is 18.7 Å². The lowest BCUT2D eigenvalue weighted by Gasteiger charge is -2.03. The van der Waals surface area contributed by atoms with Gasteiger partial charge in [-0.3, -0.25) is 4.79 Å². The van der Waals surface area contributed by atoms with Crippen molar-refractivity contribution in [3.8, 4) is 12.3 Å². The molecule has 154 valence electrons. The molecular formula is C23H16N2O5S. The van der Waals surface area contributed by atoms with Crippen LogP contribution in [0, 0.1) is 12.3 Å². The summed E-state index contributed by atoms with van der Waals surface area (Å²) in [5, 5.41) is 0.618. The number of ether oxygens (including phenoxy) is 1. The molecule has 0 aliphatic heterocycles. The average molecular weight is 432 g/mol. The molecule has 0 unspecified atom stereocenters. The molecule has 0 N–H and O–H groups in total. The van der Waals surface area contributed by atoms with Gasteiger partial charge >= 0.3 is 11.6 Å². The molecule has 4 rings (SSSR count). The Morgan fingerprint density at radius 2 is 2.03 bits per heavy atom. The van der Waals surface area contributed by atoms with Crippen LogP contribution in [0.2, 0.25) is 0 Å². The van der Waals surface area contributed by atoms with Crippen molar-refractivity contribution in [3.63, 3.8) is 0 Å². The van der Waals surface area contributed by atoms with E-state index in [1.807, 2.05) is 0 Å². The smallest absolute Gasteiger partial charge is 0.349 e. The zero-order valence-corrected chi connectivity index (χ0v) is 17.3. The number of terminal acetylenes is 1. The van der Waals surface area contributed by atoms with Gasteiger partial charge in [0, 0.05) is 5.39 Å². The van der Waals surface area contributed by atoms with Gasteiger partial charge in [-0.1, -0.05) is 35.5 Å². The molecule has 0 spiro atoms. The van der Waals surface area contributed by atoms with Gasteiger partial charge in [-0.15, -0.1) is 6.42 Å². The van der Waals surface area contributed by atoms with Crippen LogP contribution in [-0.2, 0) is 11.3 Å². The van der Waals surface area contributed by atoms with Crippen LogP contribution in [0.5, 0.6) is 0 Å². The van der Waals surface area contributed by atoms with E-state index in [2.05, 4.69) is 10.9 Å². The Kier molecular flexibility index (Phi) is 5.52. The van der Waals surface area contributed by atoms with Crippen molar-refractivity contribution in [1.82, 2.24) is 4.57 Å². The van der Waals surface area contributed by atoms with Gasteiger partial charge in [0.2, 0.25) is 0 Å². The number of amides is 1. The lowest BCUT2D eigenvalue weighted by atomic mass is 10.2. The third-order valence-corrected chi connectivity index (χ3v) is 5.55. The Labute approximate surface area is 180 Å². The van der Waals surface area contributed by atoms with Gasteiger partial charge in [0.15, 0.2) is 4.80 Å². The van der Waals surface area contributed by atoms with E-state index in [1.165, 1.54) is 17.4 Å². The number of thiazole rings is 1. The topological polar surface area (TPSA) is 90.9 Å². The standard InChI is InChI=1S/C23H16N2O5S/c1-3-11-25-17-10-9-15(21(27)29-4-2)13-19(17)31-23(25)24-20(26)16-12-14-7-5-6-8-18(14)30-22(16)28/h1,5-10,12-13H,4,11H2,2H3. The first kappa shape index (κ1) is 20.3. The minimum Gasteiger partial charge on any atom is -0.462 e. The van der Waals surface area contributed by atoms with E-state index in [9.17, 15) is 14.4 Å². The lowest BCUT2D eigenvalue weighted by molar-refractivity contribution is 0.0526. The Morgan fingerprint density at radius 3 is 2.81 bits per heavy atom. The van der Waals surface area contributed by atoms with Gasteiger partial charge in [-0.25, -0.2) is 9.59 Å². The number of rotatable bonds is 4. The van der Waals surface area contributed by atoms with E-state index in [-0.39, 0.29) is 18.7 Å². The van der Waals surface area contributed by atoms with Gasteiger partial charge in [-0.2, -0.15) is 4.99 Å². The molecular weight excluding hydrogens is 416 g/mol. The zero-order chi connectivity index (χ0) is 22.0. The molecule has 0 saturated heterocycles. The van der Waals surface area contributed by atoms with Crippen LogP contribution in [0.15, 0.2) is 62.7 Å². The Bertz CT molecular complexity index is 1500. The van der Waals surface area contributed by atoms with Crippen molar-refractivity contribution in [2.75, 3.05) is 6.61 Å². The monoisotopic (exact) mass is 432 g/mol. The first-order chi connectivity index (χ1) is 15.0. The highest BCUT2D eigenvalue weighted by atomic mass is 32.1. The molecule has 7 nitrogen and oxygen atoms in total. The molecule has 1 amide bonds. The number of carbonyl (C=O) groups excluding carboxylic acids is 2. The number of aromatic nitrogens is 1. The first-order valence-corrected chi connectivity index (χ1v) is 10.2. The van der Waals surface area contributed by atoms with E-state index in [4.69, 9.17) is 15.6 Å². The number of fused-ring (bicyclic) bond motifs is 2. The van der Waals surface area contributed by atoms with Gasteiger partial charge in [0.05, 0.1) is 28.9 Å². The maximum atomic E-state index is 12.8. The lowest BCUT2D eigenvalue weighted by Crippen LogP contribution is -2.19. The molecule has 0 saturated carbocycles. The molecule has 0 atom stereocenters. The van der Waals surface area contributed by atoms with E-state index >= 15 is 0 Å². The molecule has 2 aromatic carbocycles. The molecule has 0 bridgehead atoms. The van der Waals surface area contributed by atoms with E-state index in [1.54, 1.807) is 54.0 Å². The highest BCUT2D eigenvalue weighted by molar-refractivity contribution is 7.16. The summed E-state index contributed by atoms with van der Waals surface area (Å²) in [5.41, 5.74) is 0.557. The average Bonchev–Trinajstić information content (AvgIpc) is 3.09. The number of hydrogen-bond acceptors (Lipinski definition) is 6. The molecule has 2 aromatic heterocycles. The number of para-hydroxylation sites is 1. The Morgan fingerprint density at radius 1 is 1.23 bits per heavy atom. The fraction of sp³-hybridized carbons (Fsp3) is 0.130. The third kappa shape index (κ3) is 3.91. The summed E-state index contributed by atoms with van der Waals surface area (Å²) in [6, 6.07) is 13.4. The number of carbonyl (C=O) groups is 2. The van der Waals surface area contributed by atoms with Crippen molar-refractivity contribution >= 4 is 44.4 Å². The fourth-order valence-corrected chi connectivity index (χ4v) is 4.17. The number of benzene rings is 2. The van der Waals surface area contributed by atoms with E-state index in [0.717, 1.165) is 0 Å². The summed E-state index contributed by atoms with van der Waals surface area (Å²) in [6.45, 7) is 2.16. The maximum Gasteiger partial charge on any atom is 0.349 e. The summed E-state index contributed by atoms with van der Waals surface area (Å²) in [7, 11) is 0. The molecule has 0 radical (unpaired) electrons. The Hall–Kier alpha value is -3.96. The van der Waals surface area contributed by atoms with Crippen LogP contribution in [0.4, 0.5) is 0 Å². The molecule has 0 aliphatic rings. The summed E-state index contributed by atoms with van der Waals surface area (Å²) in [5.74, 6) is 1.36. The summed E-state index contributed by atoms with van der Waals surface area (Å²) in [6.07, 6.45) is 5.49. The predicted octanol–water partition coefficient (Wildman–Crippen LogP) is 3.36. The second-order valence-corrected chi connectivity index (χ2v) is 7.49. The van der Waals surface area contributed by atoms with Gasteiger partial charge in [0.1, 0.15) is 11.1 Å². The number of esters is 1. The van der Waals surface area contributed by atoms with Gasteiger partial charge < -0.3 is 13.7 Å². The third-order valence-electron chi connectivity index (χ3n) is 4.51. The van der Waals surface area contributed by atoms with Gasteiger partial charge in [0.25, 0.3) is 5.91 Å². The van der Waals surface area contributed by atoms with Crippen LogP contribution in [0.25, 0.3) is 21.2 Å². The summed E-state index contributed by atoms with van der Waals surface area (Å²) < 4.78 is 12.6. The fourth-order valence-electron chi connectivity index (χ4n) is 3.10. The highest BCUT2D eigenvalue weighted by Crippen LogP contribution is 2.20. The first-order valence-electron chi connectivity index (χ1n) is 9.37. The van der Waals surface area contributed by atoms with Crippen molar-refractivity contribution in [3.05, 3.63) is 74.9 Å². The molecule has 2 heterocycles. The van der Waals surface area contributed by atoms with E-state index < -0.39 is 17.5 Å². The van der Waals surface area contributed by atoms with Crippen LogP contribution in [0.1, 0.15) is 27.6 Å². The molecule has 4 aromatic rings. The number of nitrogens with zero attached hydrogens (tertiary/aromatic N) is 2. The molecule has 8 heteroatoms. The predicted molar refractivity (Wildman–Crippen MR) is 117 cm³/mol. The second kappa shape index (κ2) is 8.42. The summed E-state index contributed by atoms with van der Waals surface area (Å²) in [4.78, 5) is 41.6. The zero-order valence-electron chi connectivity index (χ0n) is 16.5. The number of hydrogen-bond donors (Lipinski definition) is 0. The van der Waals surface area contributed by atoms with Crippen molar-refractivity contribution in [2.24, 2.45) is 4.99 Å². The quantitative estimate of drug-likeness (QED) is 0.280. The van der Waals surface area contributed by atoms with E-state index in [0.29, 0.717) is 31.6 Å². The minimum absolute atomic E-state index is 0.164. The van der Waals surface area contributed by atoms with Crippen LogP contribution in [-0.4, -0.2) is 23.1 Å². The SMILES string of the molecule is C#CCn1c(=NC(=O)c2cc3ccccc3oc2=O)sc2cc(C(=O)OCC)ccc21. The van der Waals surface area contributed by atoms with Crippen molar-refractivity contribution in [1.29, 1.82) is 0 Å². The summed E-state index contributed by atoms with van der Waals surface area (Å²) >= 11 is 1.19. The normalized spacial score (nSPS) is 11.5. The molecule has 0 fully saturated rings. The molecule has 31 heavy (non-hydrogen) atoms. The van der Waals surface area contributed by atoms with Crippen molar-refractivity contribution in [2.45, 2.75) is 13.5 Å². The second-order valence-electron chi connectivity index (χ2n) is 6.48. The van der Waals surface area contributed by atoms with Crippen LogP contribution < -0.4 is 10.4 Å².